The van der Waals surface area contributed by atoms with Gasteiger partial charge in [0.25, 0.3) is 0 Å². The van der Waals surface area contributed by atoms with Crippen molar-refractivity contribution in [3.63, 3.8) is 0 Å². The molecule has 0 radical (unpaired) electrons. The molecule has 112 valence electrons. The van der Waals surface area contributed by atoms with Gasteiger partial charge in [-0.1, -0.05) is 42.5 Å². The second-order valence-electron chi connectivity index (χ2n) is 5.83. The molecule has 1 saturated heterocycles. The van der Waals surface area contributed by atoms with Crippen molar-refractivity contribution in [2.24, 2.45) is 0 Å². The van der Waals surface area contributed by atoms with Crippen molar-refractivity contribution in [3.8, 4) is 0 Å². The Kier molecular flexibility index (Phi) is 4.86. The van der Waals surface area contributed by atoms with Gasteiger partial charge in [-0.2, -0.15) is 0 Å². The lowest BCUT2D eigenvalue weighted by Gasteiger charge is -2.29. The molecule has 0 saturated carbocycles. The van der Waals surface area contributed by atoms with Crippen LogP contribution in [0.5, 0.6) is 0 Å². The van der Waals surface area contributed by atoms with Gasteiger partial charge in [-0.25, -0.2) is 0 Å². The molecule has 1 atom stereocenters. The molecule has 3 rings (SSSR count). The number of nitrogens with one attached hydrogen (secondary N) is 1. The molecule has 0 spiro atoms. The van der Waals surface area contributed by atoms with Crippen LogP contribution in [0.2, 0.25) is 0 Å². The van der Waals surface area contributed by atoms with Crippen molar-refractivity contribution in [1.82, 2.24) is 10.2 Å². The lowest BCUT2D eigenvalue weighted by atomic mass is 10.0. The van der Waals surface area contributed by atoms with Gasteiger partial charge >= 0.3 is 0 Å². The van der Waals surface area contributed by atoms with Gasteiger partial charge in [0.1, 0.15) is 0 Å². The van der Waals surface area contributed by atoms with Crippen molar-refractivity contribution in [2.45, 2.75) is 19.5 Å². The van der Waals surface area contributed by atoms with E-state index in [9.17, 15) is 0 Å². The highest BCUT2D eigenvalue weighted by molar-refractivity contribution is 5.85. The van der Waals surface area contributed by atoms with E-state index in [2.05, 4.69) is 59.6 Å². The fourth-order valence-corrected chi connectivity index (χ4v) is 2.97. The molecule has 1 heterocycles. The van der Waals surface area contributed by atoms with Crippen LogP contribution >= 0.6 is 0 Å². The summed E-state index contributed by atoms with van der Waals surface area (Å²) in [5.74, 6) is 0. The molecule has 21 heavy (non-hydrogen) atoms. The number of hydrogen-bond donors (Lipinski definition) is 1. The molecule has 0 bridgehead atoms. The lowest BCUT2D eigenvalue weighted by molar-refractivity contribution is 0.0343. The summed E-state index contributed by atoms with van der Waals surface area (Å²) in [5.41, 5.74) is 1.38. The Balaban J connectivity index is 1.58. The first kappa shape index (κ1) is 14.5. The summed E-state index contributed by atoms with van der Waals surface area (Å²) in [5, 5.41) is 6.33. The number of ether oxygens (including phenoxy) is 1. The van der Waals surface area contributed by atoms with Crippen molar-refractivity contribution < 1.29 is 4.74 Å². The Bertz CT molecular complexity index is 573. The smallest absolute Gasteiger partial charge is 0.0594 e. The highest BCUT2D eigenvalue weighted by Crippen LogP contribution is 2.18. The minimum Gasteiger partial charge on any atom is -0.379 e. The van der Waals surface area contributed by atoms with E-state index in [1.807, 2.05) is 0 Å². The molecule has 0 amide bonds. The van der Waals surface area contributed by atoms with Crippen LogP contribution in [-0.2, 0) is 11.3 Å². The monoisotopic (exact) mass is 284 g/mol. The molecule has 1 aliphatic rings. The van der Waals surface area contributed by atoms with Crippen LogP contribution in [0.1, 0.15) is 12.5 Å². The van der Waals surface area contributed by atoms with E-state index in [4.69, 9.17) is 4.74 Å². The first-order valence-electron chi connectivity index (χ1n) is 7.83. The highest BCUT2D eigenvalue weighted by Gasteiger charge is 2.13. The highest BCUT2D eigenvalue weighted by atomic mass is 16.5. The summed E-state index contributed by atoms with van der Waals surface area (Å²) in [6, 6.07) is 15.6. The Morgan fingerprint density at radius 1 is 1.10 bits per heavy atom. The molecular formula is C18H24N2O. The van der Waals surface area contributed by atoms with Crippen LogP contribution in [0.4, 0.5) is 0 Å². The van der Waals surface area contributed by atoms with E-state index in [1.165, 1.54) is 16.3 Å². The molecule has 2 aromatic carbocycles. The molecule has 1 unspecified atom stereocenters. The summed E-state index contributed by atoms with van der Waals surface area (Å²) >= 11 is 0. The molecule has 3 nitrogen and oxygen atoms in total. The number of morpholine rings is 1. The van der Waals surface area contributed by atoms with E-state index >= 15 is 0 Å². The fraction of sp³-hybridized carbons (Fsp3) is 0.444. The third kappa shape index (κ3) is 3.82. The van der Waals surface area contributed by atoms with Crippen molar-refractivity contribution in [3.05, 3.63) is 48.0 Å². The second kappa shape index (κ2) is 7.03. The summed E-state index contributed by atoms with van der Waals surface area (Å²) in [6.45, 7) is 8.13. The summed E-state index contributed by atoms with van der Waals surface area (Å²) in [4.78, 5) is 2.48. The van der Waals surface area contributed by atoms with E-state index in [1.54, 1.807) is 0 Å². The van der Waals surface area contributed by atoms with Gasteiger partial charge in [0.05, 0.1) is 13.2 Å². The zero-order chi connectivity index (χ0) is 14.5. The molecule has 1 fully saturated rings. The first-order valence-corrected chi connectivity index (χ1v) is 7.83. The Labute approximate surface area is 126 Å². The maximum absolute atomic E-state index is 5.40. The lowest BCUT2D eigenvalue weighted by Crippen LogP contribution is -2.44. The number of benzene rings is 2. The van der Waals surface area contributed by atoms with Gasteiger partial charge in [-0.3, -0.25) is 4.90 Å². The number of fused-ring (bicyclic) bond motifs is 1. The Morgan fingerprint density at radius 3 is 2.71 bits per heavy atom. The minimum atomic E-state index is 0.488. The van der Waals surface area contributed by atoms with E-state index in [-0.39, 0.29) is 0 Å². The average Bonchev–Trinajstić information content (AvgIpc) is 2.54. The SMILES string of the molecule is CC(CN1CCOCC1)NCc1cccc2ccccc12. The van der Waals surface area contributed by atoms with Crippen molar-refractivity contribution >= 4 is 10.8 Å². The Morgan fingerprint density at radius 2 is 1.86 bits per heavy atom. The van der Waals surface area contributed by atoms with Crippen LogP contribution in [0.3, 0.4) is 0 Å². The third-order valence-corrected chi connectivity index (χ3v) is 4.16. The number of hydrogen-bond acceptors (Lipinski definition) is 3. The standard InChI is InChI=1S/C18H24N2O/c1-15(14-20-9-11-21-12-10-20)19-13-17-7-4-6-16-5-2-3-8-18(16)17/h2-8,15,19H,9-14H2,1H3. The fourth-order valence-electron chi connectivity index (χ4n) is 2.97. The molecule has 0 aromatic heterocycles. The zero-order valence-corrected chi connectivity index (χ0v) is 12.7. The maximum atomic E-state index is 5.40. The summed E-state index contributed by atoms with van der Waals surface area (Å²) < 4.78 is 5.40. The van der Waals surface area contributed by atoms with E-state index in [0.717, 1.165) is 39.4 Å². The second-order valence-corrected chi connectivity index (χ2v) is 5.83. The largest absolute Gasteiger partial charge is 0.379 e. The topological polar surface area (TPSA) is 24.5 Å². The molecular weight excluding hydrogens is 260 g/mol. The number of rotatable bonds is 5. The zero-order valence-electron chi connectivity index (χ0n) is 12.7. The normalized spacial score (nSPS) is 18.0. The summed E-state index contributed by atoms with van der Waals surface area (Å²) in [6.07, 6.45) is 0. The Hall–Kier alpha value is -1.42. The van der Waals surface area contributed by atoms with E-state index in [0.29, 0.717) is 6.04 Å². The molecule has 1 N–H and O–H groups in total. The average molecular weight is 284 g/mol. The van der Waals surface area contributed by atoms with Gasteiger partial charge in [-0.05, 0) is 23.3 Å². The van der Waals surface area contributed by atoms with Crippen LogP contribution in [0, 0.1) is 0 Å². The van der Waals surface area contributed by atoms with E-state index < -0.39 is 0 Å². The number of nitrogens with zero attached hydrogens (tertiary/aromatic N) is 1. The quantitative estimate of drug-likeness (QED) is 0.913. The van der Waals surface area contributed by atoms with Crippen molar-refractivity contribution in [1.29, 1.82) is 0 Å². The minimum absolute atomic E-state index is 0.488. The van der Waals surface area contributed by atoms with Gasteiger partial charge in [-0.15, -0.1) is 0 Å². The predicted octanol–water partition coefficient (Wildman–Crippen LogP) is 2.65. The molecule has 2 aromatic rings. The van der Waals surface area contributed by atoms with Gasteiger partial charge < -0.3 is 10.1 Å². The molecule has 0 aliphatic carbocycles. The summed E-state index contributed by atoms with van der Waals surface area (Å²) in [7, 11) is 0. The molecule has 3 heteroatoms. The third-order valence-electron chi connectivity index (χ3n) is 4.16. The predicted molar refractivity (Wildman–Crippen MR) is 87.5 cm³/mol. The molecule has 1 aliphatic heterocycles. The van der Waals surface area contributed by atoms with Crippen molar-refractivity contribution in [2.75, 3.05) is 32.8 Å². The van der Waals surface area contributed by atoms with Gasteiger partial charge in [0, 0.05) is 32.2 Å². The van der Waals surface area contributed by atoms with Crippen LogP contribution in [-0.4, -0.2) is 43.8 Å². The van der Waals surface area contributed by atoms with Crippen LogP contribution in [0.15, 0.2) is 42.5 Å². The first-order chi connectivity index (χ1) is 10.3. The van der Waals surface area contributed by atoms with Crippen LogP contribution < -0.4 is 5.32 Å². The van der Waals surface area contributed by atoms with Gasteiger partial charge in [0.15, 0.2) is 0 Å². The van der Waals surface area contributed by atoms with Crippen LogP contribution in [0.25, 0.3) is 10.8 Å². The maximum Gasteiger partial charge on any atom is 0.0594 e. The van der Waals surface area contributed by atoms with Gasteiger partial charge in [0.2, 0.25) is 0 Å².